The van der Waals surface area contributed by atoms with E-state index in [9.17, 15) is 9.59 Å². The van der Waals surface area contributed by atoms with E-state index < -0.39 is 5.92 Å². The number of hydrogen-bond donors (Lipinski definition) is 2. The number of ketones is 1. The molecule has 1 aliphatic heterocycles. The van der Waals surface area contributed by atoms with Crippen LogP contribution in [0.15, 0.2) is 11.8 Å². The number of allylic oxidation sites excluding steroid dienone is 2. The third kappa shape index (κ3) is 2.99. The summed E-state index contributed by atoms with van der Waals surface area (Å²) in [4.78, 5) is 26.3. The van der Waals surface area contributed by atoms with Gasteiger partial charge in [-0.05, 0) is 98.7 Å². The first kappa shape index (κ1) is 20.3. The van der Waals surface area contributed by atoms with Crippen LogP contribution in [-0.2, 0) is 9.59 Å². The van der Waals surface area contributed by atoms with Crippen molar-refractivity contribution >= 4 is 11.7 Å². The van der Waals surface area contributed by atoms with Gasteiger partial charge in [0.15, 0.2) is 5.78 Å². The van der Waals surface area contributed by atoms with Crippen LogP contribution in [0.4, 0.5) is 0 Å². The first-order chi connectivity index (χ1) is 14.8. The van der Waals surface area contributed by atoms with Crippen molar-refractivity contribution in [2.75, 3.05) is 13.1 Å². The van der Waals surface area contributed by atoms with Gasteiger partial charge in [-0.1, -0.05) is 20.3 Å². The summed E-state index contributed by atoms with van der Waals surface area (Å²) in [7, 11) is 0. The molecule has 0 aromatic heterocycles. The molecule has 1 saturated heterocycles. The Morgan fingerprint density at radius 2 is 1.87 bits per heavy atom. The van der Waals surface area contributed by atoms with E-state index in [-0.39, 0.29) is 17.1 Å². The molecule has 6 aliphatic rings. The van der Waals surface area contributed by atoms with E-state index in [2.05, 4.69) is 24.5 Å². The lowest BCUT2D eigenvalue weighted by molar-refractivity contribution is -0.136. The Morgan fingerprint density at radius 1 is 1.06 bits per heavy atom. The van der Waals surface area contributed by atoms with E-state index in [0.717, 1.165) is 30.6 Å². The standard InChI is InChI=1S/C27H40N2O2/c1-25-8-3-4-20(25)19-15-28-23-12-22(30)18(14-26(23,2)21(19)7-9-25)24(31)29-16-27-10-5-17(13-27)6-11-27/h12,17-21,28H,3-11,13-16H2,1-2H3,(H,29,31)/t17?,18?,19-,20-,21+,25-,26+,27?/m0/s1. The van der Waals surface area contributed by atoms with Crippen molar-refractivity contribution in [3.05, 3.63) is 11.8 Å². The third-order valence-electron chi connectivity index (χ3n) is 11.3. The molecular formula is C27H40N2O2. The second-order valence-electron chi connectivity index (χ2n) is 12.8. The van der Waals surface area contributed by atoms with E-state index >= 15 is 0 Å². The highest BCUT2D eigenvalue weighted by atomic mass is 16.2. The first-order valence-corrected chi connectivity index (χ1v) is 13.1. The van der Waals surface area contributed by atoms with Crippen molar-refractivity contribution < 1.29 is 9.59 Å². The molecule has 170 valence electrons. The van der Waals surface area contributed by atoms with Crippen molar-refractivity contribution in [3.63, 3.8) is 0 Å². The van der Waals surface area contributed by atoms with Crippen LogP contribution < -0.4 is 10.6 Å². The van der Waals surface area contributed by atoms with E-state index in [1.54, 1.807) is 0 Å². The van der Waals surface area contributed by atoms with Gasteiger partial charge >= 0.3 is 0 Å². The maximum absolute atomic E-state index is 13.3. The largest absolute Gasteiger partial charge is 0.387 e. The van der Waals surface area contributed by atoms with Gasteiger partial charge in [-0.15, -0.1) is 0 Å². The maximum atomic E-state index is 13.3. The molecule has 0 aromatic carbocycles. The minimum Gasteiger partial charge on any atom is -0.387 e. The summed E-state index contributed by atoms with van der Waals surface area (Å²) in [5.41, 5.74) is 1.91. The van der Waals surface area contributed by atoms with Crippen LogP contribution in [0.5, 0.6) is 0 Å². The van der Waals surface area contributed by atoms with Gasteiger partial charge in [-0.2, -0.15) is 0 Å². The normalized spacial score (nSPS) is 50.2. The predicted molar refractivity (Wildman–Crippen MR) is 121 cm³/mol. The number of piperidine rings is 1. The molecule has 0 spiro atoms. The van der Waals surface area contributed by atoms with Gasteiger partial charge < -0.3 is 10.6 Å². The summed E-state index contributed by atoms with van der Waals surface area (Å²) in [5, 5.41) is 6.95. The minimum atomic E-state index is -0.499. The van der Waals surface area contributed by atoms with Gasteiger partial charge in [0, 0.05) is 30.3 Å². The van der Waals surface area contributed by atoms with E-state index in [4.69, 9.17) is 0 Å². The topological polar surface area (TPSA) is 58.2 Å². The molecule has 5 aliphatic carbocycles. The molecule has 0 radical (unpaired) electrons. The monoisotopic (exact) mass is 424 g/mol. The van der Waals surface area contributed by atoms with E-state index in [0.29, 0.717) is 29.1 Å². The number of carbonyl (C=O) groups is 2. The zero-order valence-corrected chi connectivity index (χ0v) is 19.5. The zero-order chi connectivity index (χ0) is 21.4. The van der Waals surface area contributed by atoms with Gasteiger partial charge in [-0.3, -0.25) is 9.59 Å². The van der Waals surface area contributed by atoms with Crippen LogP contribution >= 0.6 is 0 Å². The predicted octanol–water partition coefficient (Wildman–Crippen LogP) is 4.60. The van der Waals surface area contributed by atoms with Crippen molar-refractivity contribution in [1.82, 2.24) is 10.6 Å². The fraction of sp³-hybridized carbons (Fsp3) is 0.852. The van der Waals surface area contributed by atoms with Gasteiger partial charge in [0.25, 0.3) is 0 Å². The first-order valence-electron chi connectivity index (χ1n) is 13.1. The molecule has 2 N–H and O–H groups in total. The molecule has 31 heavy (non-hydrogen) atoms. The Bertz CT molecular complexity index is 825. The van der Waals surface area contributed by atoms with Crippen molar-refractivity contribution in [2.24, 2.45) is 45.8 Å². The summed E-state index contributed by atoms with van der Waals surface area (Å²) in [6.45, 7) is 6.67. The summed E-state index contributed by atoms with van der Waals surface area (Å²) in [6, 6.07) is 0. The highest BCUT2D eigenvalue weighted by Gasteiger charge is 2.58. The summed E-state index contributed by atoms with van der Waals surface area (Å²) in [6.07, 6.45) is 15.6. The SMILES string of the molecule is C[C@@]12CCC[C@H]1[C@@H]1CNC3=CC(=O)C(C(=O)NCC45CCC(CC4)C5)C[C@]3(C)[C@@H]1CC2. The number of amides is 1. The van der Waals surface area contributed by atoms with Crippen LogP contribution in [0.2, 0.25) is 0 Å². The molecule has 1 amide bonds. The lowest BCUT2D eigenvalue weighted by atomic mass is 9.50. The molecule has 1 unspecified atom stereocenters. The molecule has 4 saturated carbocycles. The Morgan fingerprint density at radius 3 is 2.61 bits per heavy atom. The quantitative estimate of drug-likeness (QED) is 0.651. The van der Waals surface area contributed by atoms with Crippen molar-refractivity contribution in [2.45, 2.75) is 84.5 Å². The second-order valence-corrected chi connectivity index (χ2v) is 12.8. The molecule has 4 nitrogen and oxygen atoms in total. The Balaban J connectivity index is 1.20. The molecular weight excluding hydrogens is 384 g/mol. The molecule has 6 rings (SSSR count). The van der Waals surface area contributed by atoms with Crippen LogP contribution in [-0.4, -0.2) is 24.8 Å². The number of rotatable bonds is 3. The van der Waals surface area contributed by atoms with Gasteiger partial charge in [0.2, 0.25) is 5.91 Å². The molecule has 5 fully saturated rings. The van der Waals surface area contributed by atoms with Crippen molar-refractivity contribution in [3.8, 4) is 0 Å². The second kappa shape index (κ2) is 6.84. The smallest absolute Gasteiger partial charge is 0.230 e. The zero-order valence-electron chi connectivity index (χ0n) is 19.5. The van der Waals surface area contributed by atoms with Crippen LogP contribution in [0, 0.1) is 45.8 Å². The van der Waals surface area contributed by atoms with Crippen molar-refractivity contribution in [1.29, 1.82) is 0 Å². The Kier molecular flexibility index (Phi) is 4.48. The summed E-state index contributed by atoms with van der Waals surface area (Å²) in [5.74, 6) is 2.49. The average molecular weight is 425 g/mol. The van der Waals surface area contributed by atoms with Gasteiger partial charge in [-0.25, -0.2) is 0 Å². The van der Waals surface area contributed by atoms with Crippen LogP contribution in [0.3, 0.4) is 0 Å². The Labute approximate surface area is 187 Å². The molecule has 2 bridgehead atoms. The molecule has 1 heterocycles. The van der Waals surface area contributed by atoms with Gasteiger partial charge in [0.05, 0.1) is 0 Å². The van der Waals surface area contributed by atoms with Crippen LogP contribution in [0.1, 0.15) is 84.5 Å². The number of fused-ring (bicyclic) bond motifs is 7. The number of carbonyl (C=O) groups excluding carboxylic acids is 2. The summed E-state index contributed by atoms with van der Waals surface area (Å²) < 4.78 is 0. The highest BCUT2D eigenvalue weighted by Crippen LogP contribution is 2.62. The lowest BCUT2D eigenvalue weighted by Gasteiger charge is -2.58. The van der Waals surface area contributed by atoms with Crippen LogP contribution in [0.25, 0.3) is 0 Å². The lowest BCUT2D eigenvalue weighted by Crippen LogP contribution is -2.58. The number of hydrogen-bond acceptors (Lipinski definition) is 3. The van der Waals surface area contributed by atoms with E-state index in [1.165, 1.54) is 64.2 Å². The fourth-order valence-corrected chi connectivity index (χ4v) is 9.41. The average Bonchev–Trinajstić information content (AvgIpc) is 3.46. The molecule has 4 heteroatoms. The maximum Gasteiger partial charge on any atom is 0.230 e. The van der Waals surface area contributed by atoms with Gasteiger partial charge in [0.1, 0.15) is 5.92 Å². The Hall–Kier alpha value is -1.32. The van der Waals surface area contributed by atoms with E-state index in [1.807, 2.05) is 6.08 Å². The molecule has 0 aromatic rings. The minimum absolute atomic E-state index is 0.00473. The molecule has 6 atom stereocenters. The highest BCUT2D eigenvalue weighted by molar-refractivity contribution is 6.08. The fourth-order valence-electron chi connectivity index (χ4n) is 9.41. The summed E-state index contributed by atoms with van der Waals surface area (Å²) >= 11 is 0. The third-order valence-corrected chi connectivity index (χ3v) is 11.3. The number of nitrogens with one attached hydrogen (secondary N) is 2.